The molecule has 0 aromatic carbocycles. The molecule has 0 amide bonds. The van der Waals surface area contributed by atoms with Gasteiger partial charge in [-0.15, -0.1) is 0 Å². The zero-order chi connectivity index (χ0) is 5.28. The van der Waals surface area contributed by atoms with E-state index >= 15 is 0 Å². The maximum Gasteiger partial charge on any atom is 0.0139 e. The monoisotopic (exact) mass is 100 g/mol. The smallest absolute Gasteiger partial charge is 0.0139 e. The fraction of sp³-hybridized carbons (Fsp3) is 1.00. The van der Waals surface area contributed by atoms with Crippen LogP contribution in [-0.2, 0) is 0 Å². The Hall–Kier alpha value is -0.0800. The molecule has 2 N–H and O–H groups in total. The first-order valence-electron chi connectivity index (χ1n) is 2.77. The third kappa shape index (κ3) is 1.90. The summed E-state index contributed by atoms with van der Waals surface area (Å²) in [6.45, 7) is 5.65. The molecule has 0 radical (unpaired) electrons. The van der Waals surface area contributed by atoms with E-state index in [1.807, 2.05) is 6.92 Å². The van der Waals surface area contributed by atoms with Crippen molar-refractivity contribution in [1.82, 2.24) is 4.90 Å². The van der Waals surface area contributed by atoms with Crippen LogP contribution in [0.3, 0.4) is 0 Å². The van der Waals surface area contributed by atoms with Crippen molar-refractivity contribution in [2.45, 2.75) is 13.0 Å². The zero-order valence-electron chi connectivity index (χ0n) is 4.72. The lowest BCUT2D eigenvalue weighted by molar-refractivity contribution is 0.504. The Morgan fingerprint density at radius 3 is 2.43 bits per heavy atom. The van der Waals surface area contributed by atoms with Gasteiger partial charge in [-0.1, -0.05) is 0 Å². The molecule has 0 aliphatic carbocycles. The van der Waals surface area contributed by atoms with E-state index in [0.29, 0.717) is 6.04 Å². The van der Waals surface area contributed by atoms with Gasteiger partial charge in [0.05, 0.1) is 0 Å². The molecule has 1 heterocycles. The molecule has 1 saturated heterocycles. The molecule has 1 fully saturated rings. The molecule has 1 aliphatic rings. The lowest BCUT2D eigenvalue weighted by atomic mass is 10.4. The van der Waals surface area contributed by atoms with Gasteiger partial charge >= 0.3 is 0 Å². The summed E-state index contributed by atoms with van der Waals surface area (Å²) in [5.74, 6) is 0. The molecule has 7 heavy (non-hydrogen) atoms. The predicted molar refractivity (Wildman–Crippen MR) is 30.1 cm³/mol. The summed E-state index contributed by atoms with van der Waals surface area (Å²) in [5.41, 5.74) is 5.49. The van der Waals surface area contributed by atoms with E-state index in [-0.39, 0.29) is 0 Å². The quantitative estimate of drug-likeness (QED) is 0.480. The van der Waals surface area contributed by atoms with Crippen LogP contribution in [0.15, 0.2) is 0 Å². The molecule has 0 spiro atoms. The van der Waals surface area contributed by atoms with Gasteiger partial charge in [-0.2, -0.15) is 0 Å². The summed E-state index contributed by atoms with van der Waals surface area (Å²) < 4.78 is 0. The highest BCUT2D eigenvalue weighted by atomic mass is 15.3. The Labute approximate surface area is 44.3 Å². The second kappa shape index (κ2) is 1.80. The van der Waals surface area contributed by atoms with Gasteiger partial charge in [0.25, 0.3) is 0 Å². The molecule has 42 valence electrons. The Morgan fingerprint density at radius 1 is 1.71 bits per heavy atom. The molecule has 1 aliphatic heterocycles. The molecule has 1 atom stereocenters. The second-order valence-corrected chi connectivity index (χ2v) is 2.28. The highest BCUT2D eigenvalue weighted by Gasteiger charge is 2.17. The van der Waals surface area contributed by atoms with Crippen molar-refractivity contribution >= 4 is 0 Å². The largest absolute Gasteiger partial charge is 0.327 e. The molecule has 0 aromatic heterocycles. The van der Waals surface area contributed by atoms with Crippen LogP contribution >= 0.6 is 0 Å². The number of rotatable bonds is 2. The SMILES string of the molecule is CC(N)CN1CC1. The summed E-state index contributed by atoms with van der Waals surface area (Å²) in [7, 11) is 0. The van der Waals surface area contributed by atoms with Crippen molar-refractivity contribution in [2.75, 3.05) is 19.6 Å². The second-order valence-electron chi connectivity index (χ2n) is 2.28. The van der Waals surface area contributed by atoms with Crippen molar-refractivity contribution in [3.63, 3.8) is 0 Å². The molecule has 2 nitrogen and oxygen atoms in total. The molecular weight excluding hydrogens is 88.1 g/mol. The molecule has 1 rings (SSSR count). The first-order chi connectivity index (χ1) is 3.29. The summed E-state index contributed by atoms with van der Waals surface area (Å²) in [6, 6.07) is 0.363. The van der Waals surface area contributed by atoms with Crippen LogP contribution in [0.2, 0.25) is 0 Å². The molecule has 0 bridgehead atoms. The molecule has 2 heteroatoms. The summed E-state index contributed by atoms with van der Waals surface area (Å²) in [6.07, 6.45) is 0. The highest BCUT2D eigenvalue weighted by Crippen LogP contribution is 2.01. The van der Waals surface area contributed by atoms with E-state index in [4.69, 9.17) is 5.73 Å². The fourth-order valence-electron chi connectivity index (χ4n) is 0.661. The van der Waals surface area contributed by atoms with Gasteiger partial charge in [0, 0.05) is 25.7 Å². The van der Waals surface area contributed by atoms with Gasteiger partial charge in [0.2, 0.25) is 0 Å². The third-order valence-corrected chi connectivity index (χ3v) is 1.09. The van der Waals surface area contributed by atoms with Crippen LogP contribution in [0.4, 0.5) is 0 Å². The van der Waals surface area contributed by atoms with Crippen LogP contribution in [-0.4, -0.2) is 30.6 Å². The first kappa shape index (κ1) is 5.06. The topological polar surface area (TPSA) is 29.0 Å². The van der Waals surface area contributed by atoms with E-state index in [1.165, 1.54) is 13.1 Å². The van der Waals surface area contributed by atoms with E-state index in [2.05, 4.69) is 4.90 Å². The van der Waals surface area contributed by atoms with Crippen molar-refractivity contribution in [3.8, 4) is 0 Å². The van der Waals surface area contributed by atoms with E-state index < -0.39 is 0 Å². The van der Waals surface area contributed by atoms with Crippen LogP contribution in [0.25, 0.3) is 0 Å². The van der Waals surface area contributed by atoms with E-state index in [0.717, 1.165) is 6.54 Å². The third-order valence-electron chi connectivity index (χ3n) is 1.09. The fourth-order valence-corrected chi connectivity index (χ4v) is 0.661. The first-order valence-corrected chi connectivity index (χ1v) is 2.77. The van der Waals surface area contributed by atoms with Crippen molar-refractivity contribution in [1.29, 1.82) is 0 Å². The minimum absolute atomic E-state index is 0.363. The minimum Gasteiger partial charge on any atom is -0.327 e. The number of nitrogens with zero attached hydrogens (tertiary/aromatic N) is 1. The van der Waals surface area contributed by atoms with Gasteiger partial charge in [0.1, 0.15) is 0 Å². The van der Waals surface area contributed by atoms with Crippen molar-refractivity contribution < 1.29 is 0 Å². The summed E-state index contributed by atoms with van der Waals surface area (Å²) in [4.78, 5) is 2.32. The van der Waals surface area contributed by atoms with Gasteiger partial charge in [-0.3, -0.25) is 4.90 Å². The Balaban J connectivity index is 1.97. The number of hydrogen-bond donors (Lipinski definition) is 1. The highest BCUT2D eigenvalue weighted by molar-refractivity contribution is 4.75. The molecular formula is C5H12N2. The van der Waals surface area contributed by atoms with Crippen LogP contribution in [0, 0.1) is 0 Å². The van der Waals surface area contributed by atoms with Gasteiger partial charge < -0.3 is 5.73 Å². The normalized spacial score (nSPS) is 24.9. The Bertz CT molecular complexity index is 57.1. The minimum atomic E-state index is 0.363. The predicted octanol–water partition coefficient (Wildman–Crippen LogP) is -0.351. The zero-order valence-corrected chi connectivity index (χ0v) is 4.72. The van der Waals surface area contributed by atoms with Crippen molar-refractivity contribution in [3.05, 3.63) is 0 Å². The van der Waals surface area contributed by atoms with E-state index in [1.54, 1.807) is 0 Å². The summed E-state index contributed by atoms with van der Waals surface area (Å²) in [5, 5.41) is 0. The standard InChI is InChI=1S/C5H12N2/c1-5(6)4-7-2-3-7/h5H,2-4,6H2,1H3. The van der Waals surface area contributed by atoms with Gasteiger partial charge in [0.15, 0.2) is 0 Å². The lowest BCUT2D eigenvalue weighted by Crippen LogP contribution is -2.24. The van der Waals surface area contributed by atoms with Crippen LogP contribution in [0.1, 0.15) is 6.92 Å². The molecule has 0 saturated carbocycles. The maximum atomic E-state index is 5.49. The van der Waals surface area contributed by atoms with Crippen molar-refractivity contribution in [2.24, 2.45) is 5.73 Å². The van der Waals surface area contributed by atoms with E-state index in [9.17, 15) is 0 Å². The van der Waals surface area contributed by atoms with Gasteiger partial charge in [-0.25, -0.2) is 0 Å². The lowest BCUT2D eigenvalue weighted by Gasteiger charge is -2.01. The van der Waals surface area contributed by atoms with Crippen LogP contribution in [0.5, 0.6) is 0 Å². The maximum absolute atomic E-state index is 5.49. The molecule has 0 aromatic rings. The Morgan fingerprint density at radius 2 is 2.29 bits per heavy atom. The molecule has 1 unspecified atom stereocenters. The number of hydrogen-bond acceptors (Lipinski definition) is 2. The summed E-state index contributed by atoms with van der Waals surface area (Å²) >= 11 is 0. The average molecular weight is 100 g/mol. The van der Waals surface area contributed by atoms with Crippen LogP contribution < -0.4 is 5.73 Å². The number of nitrogens with two attached hydrogens (primary N) is 1. The Kier molecular flexibility index (Phi) is 1.30. The van der Waals surface area contributed by atoms with Gasteiger partial charge in [-0.05, 0) is 6.92 Å². The average Bonchev–Trinajstić information content (AvgIpc) is 2.17.